The van der Waals surface area contributed by atoms with Gasteiger partial charge in [-0.05, 0) is 10.7 Å². The van der Waals surface area contributed by atoms with Crippen LogP contribution in [0.25, 0.3) is 0 Å². The highest BCUT2D eigenvalue weighted by Gasteiger charge is 2.03. The maximum Gasteiger partial charge on any atom is 0.161 e. The van der Waals surface area contributed by atoms with E-state index in [9.17, 15) is 4.21 Å². The topological polar surface area (TPSA) is 17.1 Å². The molecule has 0 heterocycles. The van der Waals surface area contributed by atoms with E-state index in [4.69, 9.17) is 45.5 Å². The van der Waals surface area contributed by atoms with Crippen molar-refractivity contribution >= 4 is 55.5 Å². The van der Waals surface area contributed by atoms with Gasteiger partial charge in [0.05, 0.1) is 0 Å². The van der Waals surface area contributed by atoms with Crippen molar-refractivity contribution < 1.29 is 4.21 Å². The molecule has 0 aliphatic heterocycles. The van der Waals surface area contributed by atoms with E-state index in [1.165, 1.54) is 0 Å². The average Bonchev–Trinajstić information content (AvgIpc) is 1.64. The van der Waals surface area contributed by atoms with Crippen molar-refractivity contribution in [1.82, 2.24) is 0 Å². The van der Waals surface area contributed by atoms with Gasteiger partial charge >= 0.3 is 0 Å². The molecule has 0 aromatic rings. The van der Waals surface area contributed by atoms with Gasteiger partial charge in [-0.1, -0.05) is 34.8 Å². The van der Waals surface area contributed by atoms with Gasteiger partial charge in [0, 0.05) is 0 Å². The van der Waals surface area contributed by atoms with Crippen molar-refractivity contribution in [3.05, 3.63) is 8.86 Å². The van der Waals surface area contributed by atoms with E-state index in [0.717, 1.165) is 0 Å². The molecular formula is C2Cl4OS. The van der Waals surface area contributed by atoms with Crippen LogP contribution in [0.3, 0.4) is 0 Å². The van der Waals surface area contributed by atoms with Gasteiger partial charge < -0.3 is 0 Å². The summed E-state index contributed by atoms with van der Waals surface area (Å²) in [6.45, 7) is 0. The second kappa shape index (κ2) is 3.96. The van der Waals surface area contributed by atoms with E-state index in [-0.39, 0.29) is 8.86 Å². The molecule has 0 saturated heterocycles. The molecule has 0 radical (unpaired) electrons. The summed E-state index contributed by atoms with van der Waals surface area (Å²) in [6, 6.07) is 0. The summed E-state index contributed by atoms with van der Waals surface area (Å²) in [6.07, 6.45) is 0. The van der Waals surface area contributed by atoms with Crippen LogP contribution < -0.4 is 0 Å². The number of rotatable bonds is 1. The van der Waals surface area contributed by atoms with E-state index < -0.39 is 10.0 Å². The largest absolute Gasteiger partial charge is 0.236 e. The summed E-state index contributed by atoms with van der Waals surface area (Å²) in [4.78, 5) is 0. The Morgan fingerprint density at radius 2 is 1.62 bits per heavy atom. The van der Waals surface area contributed by atoms with E-state index in [1.54, 1.807) is 0 Å². The average molecular weight is 214 g/mol. The monoisotopic (exact) mass is 212 g/mol. The summed E-state index contributed by atoms with van der Waals surface area (Å²) in [5, 5.41) is 0. The second-order valence-electron chi connectivity index (χ2n) is 0.758. The van der Waals surface area contributed by atoms with Crippen LogP contribution in [0.1, 0.15) is 0 Å². The van der Waals surface area contributed by atoms with Gasteiger partial charge in [-0.15, -0.1) is 0 Å². The third-order valence-corrected chi connectivity index (χ3v) is 2.88. The molecule has 1 nitrogen and oxygen atoms in total. The predicted molar refractivity (Wildman–Crippen MR) is 38.6 cm³/mol. The predicted octanol–water partition coefficient (Wildman–Crippen LogP) is 2.73. The van der Waals surface area contributed by atoms with Gasteiger partial charge in [0.15, 0.2) is 14.4 Å². The summed E-state index contributed by atoms with van der Waals surface area (Å²) in [5.74, 6) is 0. The first kappa shape index (κ1) is 9.05. The molecule has 1 unspecified atom stereocenters. The van der Waals surface area contributed by atoms with Crippen LogP contribution in [0.15, 0.2) is 8.86 Å². The molecule has 0 spiro atoms. The van der Waals surface area contributed by atoms with Crippen LogP contribution in [-0.4, -0.2) is 4.21 Å². The first-order valence-electron chi connectivity index (χ1n) is 1.34. The van der Waals surface area contributed by atoms with Crippen molar-refractivity contribution in [3.63, 3.8) is 0 Å². The Hall–Kier alpha value is 1.05. The Kier molecular flexibility index (Phi) is 4.48. The van der Waals surface area contributed by atoms with E-state index in [2.05, 4.69) is 0 Å². The fourth-order valence-electron chi connectivity index (χ4n) is 0.0607. The van der Waals surface area contributed by atoms with Crippen molar-refractivity contribution in [3.8, 4) is 0 Å². The zero-order valence-corrected chi connectivity index (χ0v) is 7.17. The molecule has 0 amide bonds. The Labute approximate surface area is 68.5 Å². The lowest BCUT2D eigenvalue weighted by Crippen LogP contribution is -1.74. The minimum Gasteiger partial charge on any atom is -0.236 e. The lowest BCUT2D eigenvalue weighted by molar-refractivity contribution is 0.695. The Balaban J connectivity index is 4.23. The van der Waals surface area contributed by atoms with Crippen LogP contribution in [-0.2, 0) is 10.0 Å². The molecule has 0 aliphatic carbocycles. The van der Waals surface area contributed by atoms with Crippen LogP contribution >= 0.6 is 45.5 Å². The summed E-state index contributed by atoms with van der Waals surface area (Å²) in [7, 11) is 3.15. The maximum absolute atomic E-state index is 10.1. The first-order chi connectivity index (χ1) is 3.55. The maximum atomic E-state index is 10.1. The summed E-state index contributed by atoms with van der Waals surface area (Å²) >= 11 is 15.3. The summed E-state index contributed by atoms with van der Waals surface area (Å²) in [5.41, 5.74) is 0. The second-order valence-corrected chi connectivity index (χ2v) is 4.01. The molecule has 0 aromatic heterocycles. The third-order valence-electron chi connectivity index (χ3n) is 0.289. The highest BCUT2D eigenvalue weighted by Crippen LogP contribution is 2.22. The Morgan fingerprint density at radius 1 is 1.25 bits per heavy atom. The standard InChI is InChI=1S/C2Cl4OS/c3-1(4)2(5)8(6)7. The zero-order valence-electron chi connectivity index (χ0n) is 3.33. The van der Waals surface area contributed by atoms with E-state index in [0.29, 0.717) is 0 Å². The van der Waals surface area contributed by atoms with E-state index in [1.807, 2.05) is 0 Å². The number of hydrogen-bond donors (Lipinski definition) is 0. The van der Waals surface area contributed by atoms with Gasteiger partial charge in [0.1, 0.15) is 4.49 Å². The number of hydrogen-bond acceptors (Lipinski definition) is 1. The first-order valence-corrected chi connectivity index (χ1v) is 4.45. The van der Waals surface area contributed by atoms with Crippen LogP contribution in [0, 0.1) is 0 Å². The van der Waals surface area contributed by atoms with Crippen molar-refractivity contribution in [1.29, 1.82) is 0 Å². The Bertz CT molecular complexity index is 137. The van der Waals surface area contributed by atoms with Gasteiger partial charge in [-0.3, -0.25) is 0 Å². The van der Waals surface area contributed by atoms with E-state index >= 15 is 0 Å². The fourth-order valence-corrected chi connectivity index (χ4v) is 1.07. The minimum absolute atomic E-state index is 0.241. The smallest absolute Gasteiger partial charge is 0.161 e. The van der Waals surface area contributed by atoms with Crippen LogP contribution in [0.2, 0.25) is 0 Å². The minimum atomic E-state index is -1.79. The normalized spacial score (nSPS) is 13.0. The molecule has 1 atom stereocenters. The molecule has 0 N–H and O–H groups in total. The lowest BCUT2D eigenvalue weighted by atomic mass is 11.2. The van der Waals surface area contributed by atoms with Gasteiger partial charge in [0.2, 0.25) is 0 Å². The third kappa shape index (κ3) is 3.15. The van der Waals surface area contributed by atoms with Gasteiger partial charge in [0.25, 0.3) is 0 Å². The molecule has 8 heavy (non-hydrogen) atoms. The highest BCUT2D eigenvalue weighted by atomic mass is 35.7. The lowest BCUT2D eigenvalue weighted by Gasteiger charge is -1.85. The molecule has 6 heteroatoms. The van der Waals surface area contributed by atoms with Crippen LogP contribution in [0.5, 0.6) is 0 Å². The van der Waals surface area contributed by atoms with Crippen molar-refractivity contribution in [2.45, 2.75) is 0 Å². The molecular weight excluding hydrogens is 214 g/mol. The van der Waals surface area contributed by atoms with Crippen LogP contribution in [0.4, 0.5) is 0 Å². The quantitative estimate of drug-likeness (QED) is 0.613. The molecule has 0 fully saturated rings. The van der Waals surface area contributed by atoms with Crippen molar-refractivity contribution in [2.75, 3.05) is 0 Å². The zero-order chi connectivity index (χ0) is 6.73. The number of halogens is 4. The highest BCUT2D eigenvalue weighted by molar-refractivity contribution is 8.12. The van der Waals surface area contributed by atoms with Crippen molar-refractivity contribution in [2.24, 2.45) is 0 Å². The summed E-state index contributed by atoms with van der Waals surface area (Å²) < 4.78 is 9.60. The van der Waals surface area contributed by atoms with Gasteiger partial charge in [-0.25, -0.2) is 4.21 Å². The Morgan fingerprint density at radius 3 is 1.62 bits per heavy atom. The molecule has 0 aliphatic rings. The molecule has 0 bridgehead atoms. The molecule has 0 saturated carbocycles. The molecule has 0 rings (SSSR count). The molecule has 0 aromatic carbocycles. The van der Waals surface area contributed by atoms with Gasteiger partial charge in [-0.2, -0.15) is 0 Å². The fraction of sp³-hybridized carbons (Fsp3) is 0. The molecule has 48 valence electrons. The SMILES string of the molecule is O=S(Cl)C(Cl)=C(Cl)Cl.